The molecule has 3 amide bonds. The second-order valence-corrected chi connectivity index (χ2v) is 6.38. The highest BCUT2D eigenvalue weighted by Crippen LogP contribution is 2.35. The first-order chi connectivity index (χ1) is 10.6. The Hall–Kier alpha value is -1.96. The lowest BCUT2D eigenvalue weighted by Crippen LogP contribution is -2.55. The van der Waals surface area contributed by atoms with Crippen molar-refractivity contribution >= 4 is 23.5 Å². The van der Waals surface area contributed by atoms with Crippen LogP contribution in [0.1, 0.15) is 46.5 Å². The van der Waals surface area contributed by atoms with Gasteiger partial charge in [0.1, 0.15) is 11.6 Å². The summed E-state index contributed by atoms with van der Waals surface area (Å²) in [5.74, 6) is -1.57. The van der Waals surface area contributed by atoms with E-state index in [1.165, 1.54) is 0 Å². The maximum absolute atomic E-state index is 12.3. The Morgan fingerprint density at radius 2 is 1.83 bits per heavy atom. The topological polar surface area (TPSA) is 144 Å². The predicted molar refractivity (Wildman–Crippen MR) is 84.0 cm³/mol. The first-order valence-corrected chi connectivity index (χ1v) is 7.82. The van der Waals surface area contributed by atoms with Gasteiger partial charge in [0.25, 0.3) is 0 Å². The molecule has 0 aromatic carbocycles. The van der Waals surface area contributed by atoms with Gasteiger partial charge in [-0.05, 0) is 18.8 Å². The van der Waals surface area contributed by atoms with Crippen LogP contribution in [0.2, 0.25) is 0 Å². The van der Waals surface area contributed by atoms with E-state index in [2.05, 4.69) is 10.6 Å². The van der Waals surface area contributed by atoms with Gasteiger partial charge in [0.15, 0.2) is 5.78 Å². The van der Waals surface area contributed by atoms with Crippen molar-refractivity contribution in [3.63, 3.8) is 0 Å². The van der Waals surface area contributed by atoms with Crippen molar-refractivity contribution in [3.05, 3.63) is 0 Å². The molecule has 0 aromatic rings. The van der Waals surface area contributed by atoms with E-state index < -0.39 is 35.3 Å². The molecule has 0 aliphatic heterocycles. The first-order valence-electron chi connectivity index (χ1n) is 7.82. The number of rotatable bonds is 9. The highest BCUT2D eigenvalue weighted by atomic mass is 16.2. The van der Waals surface area contributed by atoms with Crippen LogP contribution in [-0.2, 0) is 19.2 Å². The second-order valence-electron chi connectivity index (χ2n) is 6.38. The van der Waals surface area contributed by atoms with Crippen LogP contribution in [0.15, 0.2) is 0 Å². The number of carbonyl (C=O) groups excluding carboxylic acids is 4. The van der Waals surface area contributed by atoms with Gasteiger partial charge < -0.3 is 22.1 Å². The standard InChI is InChI=1S/C15H26N4O4/c1-4-9(18-14(23)12(17)8(2)3)13(22)19-15(7-10(15)20)6-5-11(16)21/h8-9,12H,4-7,17H2,1-3H3,(H2,16,21)(H,18,23)(H,19,22)/t9-,12-,15+/m0/s1. The third-order valence-electron chi connectivity index (χ3n) is 4.09. The number of primary amides is 1. The van der Waals surface area contributed by atoms with E-state index in [-0.39, 0.29) is 31.0 Å². The van der Waals surface area contributed by atoms with Gasteiger partial charge in [-0.3, -0.25) is 19.2 Å². The molecule has 8 heteroatoms. The van der Waals surface area contributed by atoms with Gasteiger partial charge in [0, 0.05) is 12.8 Å². The minimum Gasteiger partial charge on any atom is -0.370 e. The molecular formula is C15H26N4O4. The Morgan fingerprint density at radius 3 is 2.22 bits per heavy atom. The van der Waals surface area contributed by atoms with Crippen molar-refractivity contribution in [2.24, 2.45) is 17.4 Å². The Balaban J connectivity index is 2.64. The van der Waals surface area contributed by atoms with E-state index in [4.69, 9.17) is 11.5 Å². The van der Waals surface area contributed by atoms with E-state index in [1.54, 1.807) is 6.92 Å². The Kier molecular flexibility index (Phi) is 6.26. The van der Waals surface area contributed by atoms with Crippen molar-refractivity contribution < 1.29 is 19.2 Å². The first kappa shape index (κ1) is 19.1. The molecule has 0 unspecified atom stereocenters. The molecule has 0 spiro atoms. The van der Waals surface area contributed by atoms with Gasteiger partial charge >= 0.3 is 0 Å². The molecule has 1 rings (SSSR count). The van der Waals surface area contributed by atoms with Crippen molar-refractivity contribution in [2.45, 2.75) is 64.1 Å². The summed E-state index contributed by atoms with van der Waals surface area (Å²) in [7, 11) is 0. The zero-order valence-corrected chi connectivity index (χ0v) is 13.8. The monoisotopic (exact) mass is 326 g/mol. The molecular weight excluding hydrogens is 300 g/mol. The molecule has 0 saturated heterocycles. The third kappa shape index (κ3) is 5.02. The zero-order chi connectivity index (χ0) is 17.8. The van der Waals surface area contributed by atoms with E-state index in [0.717, 1.165) is 0 Å². The van der Waals surface area contributed by atoms with Crippen LogP contribution in [0.3, 0.4) is 0 Å². The number of hydrogen-bond acceptors (Lipinski definition) is 5. The van der Waals surface area contributed by atoms with Gasteiger partial charge in [-0.2, -0.15) is 0 Å². The van der Waals surface area contributed by atoms with E-state index in [9.17, 15) is 19.2 Å². The molecule has 23 heavy (non-hydrogen) atoms. The fraction of sp³-hybridized carbons (Fsp3) is 0.733. The van der Waals surface area contributed by atoms with Gasteiger partial charge in [0.05, 0.1) is 6.04 Å². The average Bonchev–Trinajstić information content (AvgIpc) is 3.10. The molecule has 6 N–H and O–H groups in total. The van der Waals surface area contributed by atoms with Crippen LogP contribution in [0.5, 0.6) is 0 Å². The number of amides is 3. The average molecular weight is 326 g/mol. The highest BCUT2D eigenvalue weighted by molar-refractivity contribution is 6.08. The predicted octanol–water partition coefficient (Wildman–Crippen LogP) is -1.04. The maximum atomic E-state index is 12.3. The van der Waals surface area contributed by atoms with E-state index in [0.29, 0.717) is 6.42 Å². The van der Waals surface area contributed by atoms with Crippen LogP contribution in [0.4, 0.5) is 0 Å². The lowest BCUT2D eigenvalue weighted by molar-refractivity contribution is -0.131. The van der Waals surface area contributed by atoms with Crippen molar-refractivity contribution in [3.8, 4) is 0 Å². The lowest BCUT2D eigenvalue weighted by atomic mass is 10.0. The minimum atomic E-state index is -1.01. The molecule has 0 aromatic heterocycles. The minimum absolute atomic E-state index is 0.0212. The number of carbonyl (C=O) groups is 4. The Labute approximate surface area is 135 Å². The Bertz CT molecular complexity index is 506. The number of ketones is 1. The van der Waals surface area contributed by atoms with Crippen LogP contribution < -0.4 is 22.1 Å². The number of hydrogen-bond donors (Lipinski definition) is 4. The molecule has 1 saturated carbocycles. The fourth-order valence-corrected chi connectivity index (χ4v) is 2.22. The van der Waals surface area contributed by atoms with Crippen molar-refractivity contribution in [2.75, 3.05) is 0 Å². The largest absolute Gasteiger partial charge is 0.370 e. The number of Topliss-reactive ketones (excluding diaryl/α,β-unsaturated/α-hetero) is 1. The van der Waals surface area contributed by atoms with Crippen LogP contribution in [-0.4, -0.2) is 41.1 Å². The maximum Gasteiger partial charge on any atom is 0.243 e. The van der Waals surface area contributed by atoms with Crippen LogP contribution in [0, 0.1) is 5.92 Å². The summed E-state index contributed by atoms with van der Waals surface area (Å²) in [4.78, 5) is 46.8. The second kappa shape index (κ2) is 7.54. The normalized spacial score (nSPS) is 22.4. The number of nitrogens with two attached hydrogens (primary N) is 2. The van der Waals surface area contributed by atoms with Gasteiger partial charge in [-0.25, -0.2) is 0 Å². The summed E-state index contributed by atoms with van der Waals surface area (Å²) in [5, 5.41) is 5.24. The summed E-state index contributed by atoms with van der Waals surface area (Å²) in [6, 6.07) is -1.48. The fourth-order valence-electron chi connectivity index (χ4n) is 2.22. The van der Waals surface area contributed by atoms with Crippen LogP contribution in [0.25, 0.3) is 0 Å². The summed E-state index contributed by atoms with van der Waals surface area (Å²) >= 11 is 0. The summed E-state index contributed by atoms with van der Waals surface area (Å²) in [5.41, 5.74) is 9.83. The van der Waals surface area contributed by atoms with Crippen LogP contribution >= 0.6 is 0 Å². The summed E-state index contributed by atoms with van der Waals surface area (Å²) in [6.07, 6.45) is 0.751. The van der Waals surface area contributed by atoms with Gasteiger partial charge in [0.2, 0.25) is 17.7 Å². The summed E-state index contributed by atoms with van der Waals surface area (Å²) in [6.45, 7) is 5.37. The van der Waals surface area contributed by atoms with Crippen molar-refractivity contribution in [1.82, 2.24) is 10.6 Å². The molecule has 1 aliphatic carbocycles. The van der Waals surface area contributed by atoms with Gasteiger partial charge in [-0.1, -0.05) is 20.8 Å². The number of nitrogens with one attached hydrogen (secondary N) is 2. The smallest absolute Gasteiger partial charge is 0.243 e. The van der Waals surface area contributed by atoms with Crippen molar-refractivity contribution in [1.29, 1.82) is 0 Å². The molecule has 1 aliphatic rings. The van der Waals surface area contributed by atoms with Gasteiger partial charge in [-0.15, -0.1) is 0 Å². The third-order valence-corrected chi connectivity index (χ3v) is 4.09. The zero-order valence-electron chi connectivity index (χ0n) is 13.8. The SMILES string of the molecule is CC[C@H](NC(=O)[C@@H](N)C(C)C)C(=O)N[C@]1(CCC(N)=O)CC1=O. The van der Waals surface area contributed by atoms with E-state index >= 15 is 0 Å². The lowest BCUT2D eigenvalue weighted by Gasteiger charge is -2.23. The summed E-state index contributed by atoms with van der Waals surface area (Å²) < 4.78 is 0. The molecule has 0 heterocycles. The highest BCUT2D eigenvalue weighted by Gasteiger charge is 2.54. The molecule has 0 radical (unpaired) electrons. The molecule has 1 fully saturated rings. The van der Waals surface area contributed by atoms with E-state index in [1.807, 2.05) is 13.8 Å². The Morgan fingerprint density at radius 1 is 1.26 bits per heavy atom. The molecule has 8 nitrogen and oxygen atoms in total. The quantitative estimate of drug-likeness (QED) is 0.427. The molecule has 130 valence electrons. The molecule has 0 bridgehead atoms. The molecule has 3 atom stereocenters.